The van der Waals surface area contributed by atoms with E-state index < -0.39 is 0 Å². The fraction of sp³-hybridized carbons (Fsp3) is 0.222. The van der Waals surface area contributed by atoms with Crippen molar-refractivity contribution in [2.45, 2.75) is 6.92 Å². The van der Waals surface area contributed by atoms with Gasteiger partial charge in [0.2, 0.25) is 0 Å². The number of halogens is 1. The monoisotopic (exact) mass is 342 g/mol. The molecule has 0 fully saturated rings. The normalized spacial score (nSPS) is 10.8. The second-order valence-corrected chi connectivity index (χ2v) is 5.28. The van der Waals surface area contributed by atoms with Gasteiger partial charge in [-0.1, -0.05) is 6.07 Å². The van der Waals surface area contributed by atoms with Crippen LogP contribution in [0.5, 0.6) is 6.01 Å². The van der Waals surface area contributed by atoms with Crippen LogP contribution in [0.3, 0.4) is 0 Å². The first-order valence-corrected chi connectivity index (χ1v) is 7.97. The zero-order valence-corrected chi connectivity index (χ0v) is 13.9. The fourth-order valence-corrected chi connectivity index (χ4v) is 2.31. The lowest BCUT2D eigenvalue weighted by atomic mass is 10.2. The number of ether oxygens (including phenoxy) is 2. The van der Waals surface area contributed by atoms with E-state index in [2.05, 4.69) is 10.1 Å². The third kappa shape index (κ3) is 4.13. The first-order chi connectivity index (χ1) is 12.2. The molecule has 0 saturated heterocycles. The topological polar surface area (TPSA) is 75.2 Å². The Morgan fingerprint density at radius 2 is 1.92 bits per heavy atom. The van der Waals surface area contributed by atoms with Gasteiger partial charge in [-0.25, -0.2) is 9.07 Å². The van der Waals surface area contributed by atoms with Crippen molar-refractivity contribution in [2.24, 2.45) is 0 Å². The Hall–Kier alpha value is -2.93. The van der Waals surface area contributed by atoms with Crippen LogP contribution >= 0.6 is 0 Å². The number of rotatable bonds is 7. The molecule has 130 valence electrons. The fourth-order valence-electron chi connectivity index (χ4n) is 2.31. The molecule has 1 aromatic heterocycles. The maximum Gasteiger partial charge on any atom is 0.336 e. The third-order valence-corrected chi connectivity index (χ3v) is 3.47. The van der Waals surface area contributed by atoms with Crippen LogP contribution in [-0.4, -0.2) is 34.6 Å². The van der Waals surface area contributed by atoms with Gasteiger partial charge in [0.1, 0.15) is 12.4 Å². The Morgan fingerprint density at radius 3 is 2.64 bits per heavy atom. The number of benzene rings is 2. The lowest BCUT2D eigenvalue weighted by Gasteiger charge is -2.06. The smallest absolute Gasteiger partial charge is 0.336 e. The molecule has 2 aromatic carbocycles. The van der Waals surface area contributed by atoms with Gasteiger partial charge in [0.25, 0.3) is 0 Å². The van der Waals surface area contributed by atoms with Crippen LogP contribution in [0.4, 0.5) is 10.1 Å². The van der Waals surface area contributed by atoms with Crippen molar-refractivity contribution >= 4 is 5.69 Å². The van der Waals surface area contributed by atoms with Crippen molar-refractivity contribution in [1.82, 2.24) is 14.8 Å². The molecule has 25 heavy (non-hydrogen) atoms. The van der Waals surface area contributed by atoms with E-state index in [0.29, 0.717) is 31.3 Å². The Balaban J connectivity index is 1.96. The SMILES string of the molecule is CCOCCOc1nc(-c2ccc(F)cc2)n(-c2cccc(N)c2)n1. The number of nitrogen functional groups attached to an aromatic ring is 1. The van der Waals surface area contributed by atoms with Crippen molar-refractivity contribution in [2.75, 3.05) is 25.6 Å². The maximum atomic E-state index is 13.2. The first-order valence-electron chi connectivity index (χ1n) is 7.97. The molecule has 0 radical (unpaired) electrons. The molecular weight excluding hydrogens is 323 g/mol. The average molecular weight is 342 g/mol. The summed E-state index contributed by atoms with van der Waals surface area (Å²) in [5, 5.41) is 4.40. The second-order valence-electron chi connectivity index (χ2n) is 5.28. The molecule has 1 heterocycles. The molecule has 3 rings (SSSR count). The van der Waals surface area contributed by atoms with Crippen LogP contribution < -0.4 is 10.5 Å². The minimum atomic E-state index is -0.313. The van der Waals surface area contributed by atoms with Gasteiger partial charge in [0.15, 0.2) is 5.82 Å². The van der Waals surface area contributed by atoms with Crippen molar-refractivity contribution in [3.8, 4) is 23.1 Å². The highest BCUT2D eigenvalue weighted by Gasteiger charge is 2.15. The maximum absolute atomic E-state index is 13.2. The van der Waals surface area contributed by atoms with Crippen LogP contribution in [0.2, 0.25) is 0 Å². The molecule has 0 unspecified atom stereocenters. The molecule has 0 aliphatic heterocycles. The molecule has 0 aliphatic rings. The molecule has 0 amide bonds. The van der Waals surface area contributed by atoms with Crippen LogP contribution in [-0.2, 0) is 4.74 Å². The van der Waals surface area contributed by atoms with Gasteiger partial charge in [0, 0.05) is 17.9 Å². The summed E-state index contributed by atoms with van der Waals surface area (Å²) in [4.78, 5) is 4.42. The molecule has 2 N–H and O–H groups in total. The van der Waals surface area contributed by atoms with Gasteiger partial charge in [-0.15, -0.1) is 5.10 Å². The summed E-state index contributed by atoms with van der Waals surface area (Å²) >= 11 is 0. The standard InChI is InChI=1S/C18H19FN4O2/c1-2-24-10-11-25-18-21-17(13-6-8-14(19)9-7-13)23(22-18)16-5-3-4-15(20)12-16/h3-9,12H,2,10-11,20H2,1H3. The molecule has 3 aromatic rings. The highest BCUT2D eigenvalue weighted by molar-refractivity contribution is 5.59. The molecule has 0 aliphatic carbocycles. The van der Waals surface area contributed by atoms with Crippen LogP contribution in [0.1, 0.15) is 6.92 Å². The summed E-state index contributed by atoms with van der Waals surface area (Å²) in [6.07, 6.45) is 0. The number of hydrogen-bond donors (Lipinski definition) is 1. The largest absolute Gasteiger partial charge is 0.460 e. The van der Waals surface area contributed by atoms with E-state index in [9.17, 15) is 4.39 Å². The summed E-state index contributed by atoms with van der Waals surface area (Å²) in [6, 6.07) is 13.5. The van der Waals surface area contributed by atoms with Gasteiger partial charge in [-0.3, -0.25) is 0 Å². The molecule has 0 bridgehead atoms. The van der Waals surface area contributed by atoms with Crippen molar-refractivity contribution in [3.05, 3.63) is 54.3 Å². The Morgan fingerprint density at radius 1 is 1.12 bits per heavy atom. The van der Waals surface area contributed by atoms with E-state index in [1.54, 1.807) is 28.9 Å². The molecule has 0 atom stereocenters. The molecule has 7 heteroatoms. The van der Waals surface area contributed by atoms with Crippen molar-refractivity contribution in [1.29, 1.82) is 0 Å². The van der Waals surface area contributed by atoms with E-state index in [4.69, 9.17) is 15.2 Å². The third-order valence-electron chi connectivity index (χ3n) is 3.47. The van der Waals surface area contributed by atoms with Gasteiger partial charge in [0.05, 0.1) is 12.3 Å². The van der Waals surface area contributed by atoms with E-state index in [-0.39, 0.29) is 11.8 Å². The summed E-state index contributed by atoms with van der Waals surface area (Å²) < 4.78 is 25.6. The highest BCUT2D eigenvalue weighted by Crippen LogP contribution is 2.24. The molecule has 6 nitrogen and oxygen atoms in total. The van der Waals surface area contributed by atoms with Crippen molar-refractivity contribution in [3.63, 3.8) is 0 Å². The van der Waals surface area contributed by atoms with Gasteiger partial charge in [-0.05, 0) is 49.4 Å². The Labute approximate surface area is 145 Å². The lowest BCUT2D eigenvalue weighted by Crippen LogP contribution is -2.07. The first kappa shape index (κ1) is 16.9. The summed E-state index contributed by atoms with van der Waals surface area (Å²) in [7, 11) is 0. The Bertz CT molecular complexity index is 833. The lowest BCUT2D eigenvalue weighted by molar-refractivity contribution is 0.106. The quantitative estimate of drug-likeness (QED) is 0.527. The van der Waals surface area contributed by atoms with E-state index >= 15 is 0 Å². The predicted molar refractivity (Wildman–Crippen MR) is 93.2 cm³/mol. The summed E-state index contributed by atoms with van der Waals surface area (Å²) in [6.45, 7) is 3.33. The summed E-state index contributed by atoms with van der Waals surface area (Å²) in [5.41, 5.74) is 7.93. The van der Waals surface area contributed by atoms with Gasteiger partial charge >= 0.3 is 6.01 Å². The molecule has 0 spiro atoms. The zero-order valence-electron chi connectivity index (χ0n) is 13.9. The van der Waals surface area contributed by atoms with Crippen molar-refractivity contribution < 1.29 is 13.9 Å². The Kier molecular flexibility index (Phi) is 5.25. The number of anilines is 1. The second kappa shape index (κ2) is 7.76. The minimum absolute atomic E-state index is 0.224. The molecule has 0 saturated carbocycles. The van der Waals surface area contributed by atoms with Crippen LogP contribution in [0.15, 0.2) is 48.5 Å². The van der Waals surface area contributed by atoms with Gasteiger partial charge in [-0.2, -0.15) is 4.98 Å². The van der Waals surface area contributed by atoms with E-state index in [0.717, 1.165) is 11.3 Å². The minimum Gasteiger partial charge on any atom is -0.460 e. The van der Waals surface area contributed by atoms with E-state index in [1.807, 2.05) is 19.1 Å². The number of aromatic nitrogens is 3. The van der Waals surface area contributed by atoms with Crippen LogP contribution in [0, 0.1) is 5.82 Å². The zero-order chi connectivity index (χ0) is 17.6. The van der Waals surface area contributed by atoms with Crippen LogP contribution in [0.25, 0.3) is 17.1 Å². The number of nitrogens with zero attached hydrogens (tertiary/aromatic N) is 3. The predicted octanol–water partition coefficient (Wildman–Crippen LogP) is 3.07. The van der Waals surface area contributed by atoms with E-state index in [1.165, 1.54) is 12.1 Å². The highest BCUT2D eigenvalue weighted by atomic mass is 19.1. The molecular formula is C18H19FN4O2. The summed E-state index contributed by atoms with van der Waals surface area (Å²) in [5.74, 6) is 0.226. The number of hydrogen-bond acceptors (Lipinski definition) is 5. The van der Waals surface area contributed by atoms with Gasteiger partial charge < -0.3 is 15.2 Å². The average Bonchev–Trinajstić information content (AvgIpc) is 3.04. The number of nitrogens with two attached hydrogens (primary N) is 1.